The molecule has 0 radical (unpaired) electrons. The van der Waals surface area contributed by atoms with Crippen molar-refractivity contribution in [2.45, 2.75) is 18.4 Å². The standard InChI is InChI=1S/C12H16BrNO3S2/c1-9-11(13)6-10(8-15)7-12(9)19(16,17)14-2-4-18-5-3-14/h6-7,15H,2-5,8H2,1H3. The van der Waals surface area contributed by atoms with E-state index in [1.165, 1.54) is 4.31 Å². The van der Waals surface area contributed by atoms with Gasteiger partial charge in [0.1, 0.15) is 0 Å². The highest BCUT2D eigenvalue weighted by Crippen LogP contribution is 2.29. The topological polar surface area (TPSA) is 57.6 Å². The van der Waals surface area contributed by atoms with Crippen LogP contribution in [0.25, 0.3) is 0 Å². The Morgan fingerprint density at radius 3 is 2.58 bits per heavy atom. The molecule has 7 heteroatoms. The molecule has 0 unspecified atom stereocenters. The van der Waals surface area contributed by atoms with Crippen LogP contribution in [0.3, 0.4) is 0 Å². The molecule has 0 aromatic heterocycles. The van der Waals surface area contributed by atoms with Gasteiger partial charge < -0.3 is 5.11 Å². The number of thioether (sulfide) groups is 1. The smallest absolute Gasteiger partial charge is 0.243 e. The van der Waals surface area contributed by atoms with Crippen LogP contribution in [0.2, 0.25) is 0 Å². The zero-order valence-electron chi connectivity index (χ0n) is 10.6. The van der Waals surface area contributed by atoms with Crippen LogP contribution >= 0.6 is 27.7 Å². The van der Waals surface area contributed by atoms with E-state index in [2.05, 4.69) is 15.9 Å². The molecule has 0 saturated carbocycles. The minimum Gasteiger partial charge on any atom is -0.392 e. The predicted molar refractivity (Wildman–Crippen MR) is 80.9 cm³/mol. The first kappa shape index (κ1) is 15.3. The number of nitrogens with zero attached hydrogens (tertiary/aromatic N) is 1. The van der Waals surface area contributed by atoms with Crippen LogP contribution in [0.5, 0.6) is 0 Å². The fourth-order valence-electron chi connectivity index (χ4n) is 1.99. The predicted octanol–water partition coefficient (Wildman–Crippen LogP) is 1.99. The fraction of sp³-hybridized carbons (Fsp3) is 0.500. The summed E-state index contributed by atoms with van der Waals surface area (Å²) in [4.78, 5) is 0.290. The van der Waals surface area contributed by atoms with Gasteiger partial charge in [0, 0.05) is 29.1 Å². The van der Waals surface area contributed by atoms with Gasteiger partial charge in [-0.25, -0.2) is 8.42 Å². The number of halogens is 1. The summed E-state index contributed by atoms with van der Waals surface area (Å²) in [5.41, 5.74) is 1.29. The average Bonchev–Trinajstić information content (AvgIpc) is 2.42. The highest BCUT2D eigenvalue weighted by molar-refractivity contribution is 9.10. The molecule has 1 heterocycles. The lowest BCUT2D eigenvalue weighted by molar-refractivity contribution is 0.281. The number of aliphatic hydroxyl groups is 1. The minimum absolute atomic E-state index is 0.169. The maximum absolute atomic E-state index is 12.6. The molecule has 1 aromatic carbocycles. The summed E-state index contributed by atoms with van der Waals surface area (Å²) in [7, 11) is -3.47. The Balaban J connectivity index is 2.47. The Labute approximate surface area is 126 Å². The van der Waals surface area contributed by atoms with Crippen molar-refractivity contribution in [3.8, 4) is 0 Å². The summed E-state index contributed by atoms with van der Waals surface area (Å²) in [6.45, 7) is 2.70. The van der Waals surface area contributed by atoms with Gasteiger partial charge in [0.05, 0.1) is 11.5 Å². The zero-order chi connectivity index (χ0) is 14.0. The number of sulfonamides is 1. The quantitative estimate of drug-likeness (QED) is 0.889. The van der Waals surface area contributed by atoms with Crippen molar-refractivity contribution in [3.63, 3.8) is 0 Å². The summed E-state index contributed by atoms with van der Waals surface area (Å²) in [6, 6.07) is 3.32. The van der Waals surface area contributed by atoms with Crippen LogP contribution in [-0.2, 0) is 16.6 Å². The molecule has 0 atom stereocenters. The molecule has 106 valence electrons. The molecular formula is C12H16BrNO3S2. The van der Waals surface area contributed by atoms with E-state index in [-0.39, 0.29) is 11.5 Å². The van der Waals surface area contributed by atoms with Crippen LogP contribution in [0.4, 0.5) is 0 Å². The van der Waals surface area contributed by atoms with E-state index in [1.807, 2.05) is 0 Å². The molecule has 1 aliphatic heterocycles. The van der Waals surface area contributed by atoms with E-state index in [9.17, 15) is 13.5 Å². The van der Waals surface area contributed by atoms with Gasteiger partial charge in [0.2, 0.25) is 10.0 Å². The Hall–Kier alpha value is -0.0800. The van der Waals surface area contributed by atoms with E-state index in [0.29, 0.717) is 28.7 Å². The summed E-state index contributed by atoms with van der Waals surface area (Å²) in [6.07, 6.45) is 0. The first-order chi connectivity index (χ1) is 8.96. The SMILES string of the molecule is Cc1c(Br)cc(CO)cc1S(=O)(=O)N1CCSCC1. The zero-order valence-corrected chi connectivity index (χ0v) is 13.8. The van der Waals surface area contributed by atoms with E-state index >= 15 is 0 Å². The van der Waals surface area contributed by atoms with Crippen LogP contribution < -0.4 is 0 Å². The summed E-state index contributed by atoms with van der Waals surface area (Å²) in [5, 5.41) is 9.22. The number of hydrogen-bond acceptors (Lipinski definition) is 4. The molecule has 1 aromatic rings. The van der Waals surface area contributed by atoms with Gasteiger partial charge in [0.15, 0.2) is 0 Å². The van der Waals surface area contributed by atoms with Crippen molar-refractivity contribution in [2.75, 3.05) is 24.6 Å². The molecule has 0 bridgehead atoms. The van der Waals surface area contributed by atoms with Gasteiger partial charge >= 0.3 is 0 Å². The first-order valence-corrected chi connectivity index (χ1v) is 9.33. The van der Waals surface area contributed by atoms with Crippen LogP contribution in [0, 0.1) is 6.92 Å². The number of aliphatic hydroxyl groups excluding tert-OH is 1. The van der Waals surface area contributed by atoms with E-state index < -0.39 is 10.0 Å². The molecule has 4 nitrogen and oxygen atoms in total. The maximum atomic E-state index is 12.6. The second kappa shape index (κ2) is 6.13. The molecule has 0 aliphatic carbocycles. The third kappa shape index (κ3) is 3.16. The van der Waals surface area contributed by atoms with Gasteiger partial charge in [0.25, 0.3) is 0 Å². The molecule has 1 fully saturated rings. The van der Waals surface area contributed by atoms with Crippen LogP contribution in [0.15, 0.2) is 21.5 Å². The summed E-state index contributed by atoms with van der Waals surface area (Å²) >= 11 is 5.13. The average molecular weight is 366 g/mol. The summed E-state index contributed by atoms with van der Waals surface area (Å²) < 4.78 is 27.5. The maximum Gasteiger partial charge on any atom is 0.243 e. The van der Waals surface area contributed by atoms with E-state index in [0.717, 1.165) is 11.5 Å². The Morgan fingerprint density at radius 2 is 2.00 bits per heavy atom. The molecule has 0 amide bonds. The van der Waals surface area contributed by atoms with Crippen molar-refractivity contribution in [3.05, 3.63) is 27.7 Å². The summed E-state index contributed by atoms with van der Waals surface area (Å²) in [5.74, 6) is 1.66. The van der Waals surface area contributed by atoms with Crippen molar-refractivity contribution in [1.29, 1.82) is 0 Å². The van der Waals surface area contributed by atoms with Crippen molar-refractivity contribution in [1.82, 2.24) is 4.31 Å². The van der Waals surface area contributed by atoms with Gasteiger partial charge in [-0.2, -0.15) is 16.1 Å². The van der Waals surface area contributed by atoms with E-state index in [4.69, 9.17) is 0 Å². The normalized spacial score (nSPS) is 17.6. The van der Waals surface area contributed by atoms with Gasteiger partial charge in [-0.3, -0.25) is 0 Å². The largest absolute Gasteiger partial charge is 0.392 e. The van der Waals surface area contributed by atoms with Crippen molar-refractivity contribution < 1.29 is 13.5 Å². The van der Waals surface area contributed by atoms with Gasteiger partial charge in [-0.05, 0) is 30.2 Å². The second-order valence-corrected chi connectivity index (χ2v) is 8.36. The lowest BCUT2D eigenvalue weighted by Crippen LogP contribution is -2.38. The molecule has 0 spiro atoms. The highest BCUT2D eigenvalue weighted by atomic mass is 79.9. The molecule has 2 rings (SSSR count). The Morgan fingerprint density at radius 1 is 1.37 bits per heavy atom. The lowest BCUT2D eigenvalue weighted by atomic mass is 10.2. The van der Waals surface area contributed by atoms with E-state index in [1.54, 1.807) is 30.8 Å². The number of rotatable bonds is 3. The highest BCUT2D eigenvalue weighted by Gasteiger charge is 2.28. The third-order valence-corrected chi connectivity index (χ3v) is 6.92. The van der Waals surface area contributed by atoms with Crippen LogP contribution in [-0.4, -0.2) is 42.4 Å². The van der Waals surface area contributed by atoms with Crippen molar-refractivity contribution in [2.24, 2.45) is 0 Å². The third-order valence-electron chi connectivity index (χ3n) is 3.13. The van der Waals surface area contributed by atoms with Gasteiger partial charge in [-0.15, -0.1) is 0 Å². The molecule has 1 saturated heterocycles. The minimum atomic E-state index is -3.47. The number of benzene rings is 1. The van der Waals surface area contributed by atoms with Gasteiger partial charge in [-0.1, -0.05) is 15.9 Å². The Kier molecular flexibility index (Phi) is 4.94. The fourth-order valence-corrected chi connectivity index (χ4v) is 5.50. The molecule has 19 heavy (non-hydrogen) atoms. The first-order valence-electron chi connectivity index (χ1n) is 5.94. The molecule has 1 aliphatic rings. The van der Waals surface area contributed by atoms with Crippen LogP contribution in [0.1, 0.15) is 11.1 Å². The monoisotopic (exact) mass is 365 g/mol. The second-order valence-electron chi connectivity index (χ2n) is 4.38. The molecular weight excluding hydrogens is 350 g/mol. The Bertz CT molecular complexity index is 569. The van der Waals surface area contributed by atoms with Crippen molar-refractivity contribution >= 4 is 37.7 Å². The lowest BCUT2D eigenvalue weighted by Gasteiger charge is -2.26. The number of hydrogen-bond donors (Lipinski definition) is 1. The molecule has 1 N–H and O–H groups in total.